The number of hydrogen-bond donors (Lipinski definition) is 0. The predicted octanol–water partition coefficient (Wildman–Crippen LogP) is 2.93. The van der Waals surface area contributed by atoms with E-state index in [-0.39, 0.29) is 38.0 Å². The fourth-order valence-electron chi connectivity index (χ4n) is 6.67. The number of esters is 3. The Morgan fingerprint density at radius 2 is 1.46 bits per heavy atom. The van der Waals surface area contributed by atoms with Crippen molar-refractivity contribution in [1.82, 2.24) is 0 Å². The molecule has 0 bridgehead atoms. The molecule has 3 heterocycles. The zero-order valence-electron chi connectivity index (χ0n) is 23.1. The van der Waals surface area contributed by atoms with Crippen molar-refractivity contribution in [2.45, 2.75) is 108 Å². The van der Waals surface area contributed by atoms with Crippen LogP contribution in [-0.4, -0.2) is 80.0 Å². The largest absolute Gasteiger partial charge is 0.466 e. The second-order valence-electron chi connectivity index (χ2n) is 11.1. The standard InChI is InChI=1S/C28H40O11/c1-5-32-24(30)18-11-7-9-13-26(18)36-20-15-35-28(16-34-23(29)17(3)4)22(21(20)37-26)38-27(39-28)14-10-8-12-19(27)25(31)33-6-2/h18-22H,3,5-16H2,1-2,4H3/t18?,19?,20-,21-,22+,26?,27?,28+/m1/s1. The molecule has 5 aliphatic rings. The summed E-state index contributed by atoms with van der Waals surface area (Å²) in [6.07, 6.45) is 3.18. The normalized spacial score (nSPS) is 41.1. The van der Waals surface area contributed by atoms with Crippen LogP contribution in [0.25, 0.3) is 0 Å². The first-order valence-corrected chi connectivity index (χ1v) is 14.2. The van der Waals surface area contributed by atoms with E-state index >= 15 is 0 Å². The number of carbonyl (C=O) groups excluding carboxylic acids is 3. The van der Waals surface area contributed by atoms with E-state index in [1.54, 1.807) is 20.8 Å². The summed E-state index contributed by atoms with van der Waals surface area (Å²) in [4.78, 5) is 38.4. The Bertz CT molecular complexity index is 983. The molecule has 2 saturated carbocycles. The van der Waals surface area contributed by atoms with Crippen molar-refractivity contribution in [3.8, 4) is 0 Å². The molecule has 0 amide bonds. The minimum Gasteiger partial charge on any atom is -0.466 e. The third kappa shape index (κ3) is 5.01. The molecule has 5 rings (SSSR count). The molecule has 39 heavy (non-hydrogen) atoms. The zero-order valence-corrected chi connectivity index (χ0v) is 23.1. The van der Waals surface area contributed by atoms with Crippen molar-refractivity contribution in [3.05, 3.63) is 12.2 Å². The van der Waals surface area contributed by atoms with Crippen LogP contribution in [0.15, 0.2) is 12.2 Å². The maximum Gasteiger partial charge on any atom is 0.333 e. The molecule has 218 valence electrons. The average Bonchev–Trinajstić information content (AvgIpc) is 3.44. The first-order valence-electron chi connectivity index (χ1n) is 14.2. The van der Waals surface area contributed by atoms with Crippen molar-refractivity contribution in [2.75, 3.05) is 26.4 Å². The van der Waals surface area contributed by atoms with Crippen molar-refractivity contribution in [2.24, 2.45) is 11.8 Å². The Labute approximate surface area is 228 Å². The highest BCUT2D eigenvalue weighted by Gasteiger charge is 2.72. The van der Waals surface area contributed by atoms with E-state index in [0.717, 1.165) is 25.7 Å². The van der Waals surface area contributed by atoms with Crippen LogP contribution in [-0.2, 0) is 52.3 Å². The topological polar surface area (TPSA) is 125 Å². The first-order chi connectivity index (χ1) is 18.7. The SMILES string of the molecule is C=C(C)C(=O)OC[C@@]12OC[C@H]3OC4(CCCCC4C(=O)OCC)O[C@H]3[C@@H]1OC1(CCCCC1C(=O)OCC)O2. The van der Waals surface area contributed by atoms with Crippen LogP contribution >= 0.6 is 0 Å². The maximum absolute atomic E-state index is 13.0. The van der Waals surface area contributed by atoms with Gasteiger partial charge in [-0.25, -0.2) is 4.79 Å². The van der Waals surface area contributed by atoms with Crippen molar-refractivity contribution < 1.29 is 52.3 Å². The van der Waals surface area contributed by atoms with Gasteiger partial charge in [-0.05, 0) is 46.5 Å². The molecule has 2 spiro atoms. The fraction of sp³-hybridized carbons (Fsp3) is 0.821. The Balaban J connectivity index is 1.47. The number of fused-ring (bicyclic) bond motifs is 3. The molecule has 11 heteroatoms. The molecule has 0 aromatic rings. The molecular weight excluding hydrogens is 512 g/mol. The zero-order chi connectivity index (χ0) is 27.8. The highest BCUT2D eigenvalue weighted by molar-refractivity contribution is 5.87. The highest BCUT2D eigenvalue weighted by atomic mass is 16.9. The summed E-state index contributed by atoms with van der Waals surface area (Å²) in [6, 6.07) is 0. The molecule has 3 aliphatic heterocycles. The van der Waals surface area contributed by atoms with Crippen LogP contribution in [0.2, 0.25) is 0 Å². The molecule has 0 N–H and O–H groups in total. The molecule has 0 radical (unpaired) electrons. The smallest absolute Gasteiger partial charge is 0.333 e. The third-order valence-corrected chi connectivity index (χ3v) is 8.44. The lowest BCUT2D eigenvalue weighted by Gasteiger charge is -2.41. The van der Waals surface area contributed by atoms with Crippen LogP contribution < -0.4 is 0 Å². The maximum atomic E-state index is 13.0. The van der Waals surface area contributed by atoms with Gasteiger partial charge in [0.2, 0.25) is 5.79 Å². The Morgan fingerprint density at radius 3 is 2.08 bits per heavy atom. The van der Waals surface area contributed by atoms with Crippen LogP contribution in [0.1, 0.15) is 72.1 Å². The summed E-state index contributed by atoms with van der Waals surface area (Å²) in [5.41, 5.74) is 0.228. The van der Waals surface area contributed by atoms with Gasteiger partial charge in [0.25, 0.3) is 0 Å². The summed E-state index contributed by atoms with van der Waals surface area (Å²) < 4.78 is 49.0. The Hall–Kier alpha value is -2.05. The molecular formula is C28H40O11. The van der Waals surface area contributed by atoms with Crippen LogP contribution in [0.5, 0.6) is 0 Å². The number of rotatable bonds is 7. The average molecular weight is 553 g/mol. The van der Waals surface area contributed by atoms with Crippen molar-refractivity contribution >= 4 is 17.9 Å². The van der Waals surface area contributed by atoms with E-state index in [0.29, 0.717) is 25.7 Å². The van der Waals surface area contributed by atoms with Gasteiger partial charge >= 0.3 is 17.9 Å². The van der Waals surface area contributed by atoms with Gasteiger partial charge in [0.05, 0.1) is 19.8 Å². The molecule has 3 saturated heterocycles. The van der Waals surface area contributed by atoms with Gasteiger partial charge in [-0.2, -0.15) is 0 Å². The van der Waals surface area contributed by atoms with Crippen molar-refractivity contribution in [3.63, 3.8) is 0 Å². The van der Waals surface area contributed by atoms with E-state index in [2.05, 4.69) is 6.58 Å². The minimum atomic E-state index is -1.54. The van der Waals surface area contributed by atoms with E-state index < -0.39 is 59.4 Å². The minimum absolute atomic E-state index is 0.0621. The van der Waals surface area contributed by atoms with Gasteiger partial charge < -0.3 is 37.9 Å². The second-order valence-corrected chi connectivity index (χ2v) is 11.1. The molecule has 0 aromatic carbocycles. The van der Waals surface area contributed by atoms with Gasteiger partial charge in [0, 0.05) is 18.4 Å². The highest BCUT2D eigenvalue weighted by Crippen LogP contribution is 2.56. The summed E-state index contributed by atoms with van der Waals surface area (Å²) in [6.45, 7) is 8.99. The van der Waals surface area contributed by atoms with Crippen LogP contribution in [0.3, 0.4) is 0 Å². The molecule has 11 nitrogen and oxygen atoms in total. The monoisotopic (exact) mass is 552 g/mol. The molecule has 4 unspecified atom stereocenters. The van der Waals surface area contributed by atoms with Gasteiger partial charge in [-0.3, -0.25) is 9.59 Å². The summed E-state index contributed by atoms with van der Waals surface area (Å²) in [5, 5.41) is 0. The van der Waals surface area contributed by atoms with Gasteiger partial charge in [-0.15, -0.1) is 0 Å². The Kier molecular flexibility index (Phi) is 8.09. The van der Waals surface area contributed by atoms with Crippen LogP contribution in [0, 0.1) is 11.8 Å². The number of carbonyl (C=O) groups is 3. The second kappa shape index (κ2) is 11.1. The van der Waals surface area contributed by atoms with Crippen LogP contribution in [0.4, 0.5) is 0 Å². The third-order valence-electron chi connectivity index (χ3n) is 8.44. The lowest BCUT2D eigenvalue weighted by molar-refractivity contribution is -0.312. The molecule has 8 atom stereocenters. The number of hydrogen-bond acceptors (Lipinski definition) is 11. The summed E-state index contributed by atoms with van der Waals surface area (Å²) in [7, 11) is 0. The quantitative estimate of drug-likeness (QED) is 0.263. The van der Waals surface area contributed by atoms with E-state index in [9.17, 15) is 14.4 Å². The van der Waals surface area contributed by atoms with E-state index in [4.69, 9.17) is 37.9 Å². The van der Waals surface area contributed by atoms with E-state index in [1.807, 2.05) is 0 Å². The Morgan fingerprint density at radius 1 is 0.846 bits per heavy atom. The lowest BCUT2D eigenvalue weighted by Crippen LogP contribution is -2.60. The first kappa shape index (κ1) is 28.5. The fourth-order valence-corrected chi connectivity index (χ4v) is 6.67. The van der Waals surface area contributed by atoms with Gasteiger partial charge in [-0.1, -0.05) is 19.4 Å². The molecule has 5 fully saturated rings. The molecule has 2 aliphatic carbocycles. The summed E-state index contributed by atoms with van der Waals surface area (Å²) >= 11 is 0. The lowest BCUT2D eigenvalue weighted by atomic mass is 9.83. The van der Waals surface area contributed by atoms with Crippen molar-refractivity contribution in [1.29, 1.82) is 0 Å². The summed E-state index contributed by atoms with van der Waals surface area (Å²) in [5.74, 6) is -6.71. The van der Waals surface area contributed by atoms with Gasteiger partial charge in [0.1, 0.15) is 36.8 Å². The number of ether oxygens (including phenoxy) is 8. The van der Waals surface area contributed by atoms with Gasteiger partial charge in [0.15, 0.2) is 11.6 Å². The molecule has 0 aromatic heterocycles. The van der Waals surface area contributed by atoms with E-state index in [1.165, 1.54) is 0 Å². The predicted molar refractivity (Wildman–Crippen MR) is 133 cm³/mol.